The number of phenolic OH excluding ortho intramolecular Hbond substituents is 1. The van der Waals surface area contributed by atoms with Crippen molar-refractivity contribution in [2.45, 2.75) is 85.5 Å². The molecule has 9 heteroatoms. The Hall–Kier alpha value is -3.46. The van der Waals surface area contributed by atoms with Gasteiger partial charge in [-0.25, -0.2) is 0 Å². The van der Waals surface area contributed by atoms with Crippen LogP contribution in [0.2, 0.25) is 0 Å². The minimum absolute atomic E-state index is 0.166. The van der Waals surface area contributed by atoms with Crippen molar-refractivity contribution < 1.29 is 19.5 Å². The molecule has 0 aliphatic rings. The molecule has 6 N–H and O–H groups in total. The normalized spacial score (nSPS) is 15.4. The van der Waals surface area contributed by atoms with Gasteiger partial charge in [-0.15, -0.1) is 0 Å². The Morgan fingerprint density at radius 3 is 2.21 bits per heavy atom. The Labute approximate surface area is 226 Å². The van der Waals surface area contributed by atoms with Crippen LogP contribution in [-0.2, 0) is 27.3 Å². The van der Waals surface area contributed by atoms with Crippen molar-refractivity contribution >= 4 is 17.7 Å². The Morgan fingerprint density at radius 2 is 1.66 bits per heavy atom. The molecular weight excluding hydrogens is 482 g/mol. The highest BCUT2D eigenvalue weighted by atomic mass is 16.3. The smallest absolute Gasteiger partial charge is 0.242 e. The van der Waals surface area contributed by atoms with E-state index in [9.17, 15) is 19.5 Å². The number of hydrogen-bond acceptors (Lipinski definition) is 6. The van der Waals surface area contributed by atoms with E-state index in [0.717, 1.165) is 11.1 Å². The molecule has 38 heavy (non-hydrogen) atoms. The first kappa shape index (κ1) is 30.8. The maximum absolute atomic E-state index is 13.4. The van der Waals surface area contributed by atoms with Crippen LogP contribution >= 0.6 is 0 Å². The summed E-state index contributed by atoms with van der Waals surface area (Å²) in [7, 11) is 0. The molecule has 0 saturated heterocycles. The second-order valence-corrected chi connectivity index (χ2v) is 11.1. The number of rotatable bonds is 13. The van der Waals surface area contributed by atoms with Crippen molar-refractivity contribution in [3.05, 3.63) is 59.9 Å². The molecule has 2 aromatic rings. The molecular formula is C29H43N5O4. The van der Waals surface area contributed by atoms with Gasteiger partial charge in [-0.05, 0) is 67.9 Å². The van der Waals surface area contributed by atoms with E-state index in [1.165, 1.54) is 0 Å². The second kappa shape index (κ2) is 13.4. The molecule has 1 aromatic carbocycles. The highest BCUT2D eigenvalue weighted by molar-refractivity contribution is 5.89. The van der Waals surface area contributed by atoms with Crippen LogP contribution in [0.3, 0.4) is 0 Å². The van der Waals surface area contributed by atoms with Crippen LogP contribution < -0.4 is 21.7 Å². The van der Waals surface area contributed by atoms with Crippen molar-refractivity contribution in [3.63, 3.8) is 0 Å². The molecule has 208 valence electrons. The van der Waals surface area contributed by atoms with Crippen molar-refractivity contribution in [2.75, 3.05) is 0 Å². The Bertz CT molecular complexity index is 1070. The molecule has 0 bridgehead atoms. The van der Waals surface area contributed by atoms with Crippen molar-refractivity contribution in [1.29, 1.82) is 0 Å². The summed E-state index contributed by atoms with van der Waals surface area (Å²) in [5, 5.41) is 18.4. The fourth-order valence-corrected chi connectivity index (χ4v) is 4.53. The number of hydrogen-bond donors (Lipinski definition) is 5. The van der Waals surface area contributed by atoms with Gasteiger partial charge in [0.05, 0.1) is 6.04 Å². The zero-order chi connectivity index (χ0) is 28.5. The Morgan fingerprint density at radius 1 is 1.00 bits per heavy atom. The second-order valence-electron chi connectivity index (χ2n) is 11.1. The topological polar surface area (TPSA) is 146 Å². The van der Waals surface area contributed by atoms with Gasteiger partial charge in [0.1, 0.15) is 11.8 Å². The SMILES string of the molecule is CCC(C)(CC(C)(C)C(=O)NC(C)C(=O)NCc1cccnc1)C(Cc1ccc(O)cc1)NC(=O)C(C)N. The molecule has 1 heterocycles. The van der Waals surface area contributed by atoms with Crippen LogP contribution in [0.15, 0.2) is 48.8 Å². The Kier molecular flexibility index (Phi) is 10.8. The maximum Gasteiger partial charge on any atom is 0.242 e. The van der Waals surface area contributed by atoms with E-state index < -0.39 is 22.9 Å². The van der Waals surface area contributed by atoms with Gasteiger partial charge in [0.15, 0.2) is 0 Å². The zero-order valence-electron chi connectivity index (χ0n) is 23.4. The minimum Gasteiger partial charge on any atom is -0.508 e. The lowest BCUT2D eigenvalue weighted by molar-refractivity contribution is -0.135. The summed E-state index contributed by atoms with van der Waals surface area (Å²) in [4.78, 5) is 42.7. The van der Waals surface area contributed by atoms with E-state index in [2.05, 4.69) is 27.9 Å². The summed E-state index contributed by atoms with van der Waals surface area (Å²) in [5.41, 5.74) is 6.35. The van der Waals surface area contributed by atoms with E-state index in [0.29, 0.717) is 25.8 Å². The minimum atomic E-state index is -0.838. The van der Waals surface area contributed by atoms with E-state index >= 15 is 0 Å². The first-order chi connectivity index (χ1) is 17.8. The Balaban J connectivity index is 2.14. The number of benzene rings is 1. The summed E-state index contributed by atoms with van der Waals surface area (Å²) in [6.45, 7) is 11.4. The van der Waals surface area contributed by atoms with Crippen molar-refractivity contribution in [1.82, 2.24) is 20.9 Å². The summed E-state index contributed by atoms with van der Waals surface area (Å²) in [6, 6.07) is 8.80. The van der Waals surface area contributed by atoms with E-state index in [1.807, 2.05) is 39.0 Å². The number of aromatic nitrogens is 1. The van der Waals surface area contributed by atoms with Crippen LogP contribution in [0.4, 0.5) is 0 Å². The fourth-order valence-electron chi connectivity index (χ4n) is 4.53. The average Bonchev–Trinajstić information content (AvgIpc) is 2.88. The first-order valence-corrected chi connectivity index (χ1v) is 13.1. The third-order valence-corrected chi connectivity index (χ3v) is 7.15. The lowest BCUT2D eigenvalue weighted by Gasteiger charge is -2.43. The molecule has 0 aliphatic heterocycles. The molecule has 9 nitrogen and oxygen atoms in total. The number of phenols is 1. The third-order valence-electron chi connectivity index (χ3n) is 7.15. The van der Waals surface area contributed by atoms with Gasteiger partial charge in [0, 0.05) is 30.4 Å². The van der Waals surface area contributed by atoms with Crippen LogP contribution in [0.25, 0.3) is 0 Å². The highest BCUT2D eigenvalue weighted by Crippen LogP contribution is 2.40. The number of amides is 3. The first-order valence-electron chi connectivity index (χ1n) is 13.1. The van der Waals surface area contributed by atoms with Gasteiger partial charge in [-0.2, -0.15) is 0 Å². The van der Waals surface area contributed by atoms with Gasteiger partial charge in [0.2, 0.25) is 17.7 Å². The molecule has 0 aliphatic carbocycles. The molecule has 0 spiro atoms. The van der Waals surface area contributed by atoms with Gasteiger partial charge in [0.25, 0.3) is 0 Å². The molecule has 0 saturated carbocycles. The van der Waals surface area contributed by atoms with E-state index in [-0.39, 0.29) is 29.5 Å². The molecule has 4 atom stereocenters. The van der Waals surface area contributed by atoms with Gasteiger partial charge in [-0.3, -0.25) is 19.4 Å². The number of carbonyl (C=O) groups is 3. The summed E-state index contributed by atoms with van der Waals surface area (Å²) in [5.74, 6) is -0.636. The lowest BCUT2D eigenvalue weighted by atomic mass is 9.66. The van der Waals surface area contributed by atoms with Crippen LogP contribution in [-0.4, -0.2) is 45.9 Å². The van der Waals surface area contributed by atoms with E-state index in [1.54, 1.807) is 44.4 Å². The molecule has 0 radical (unpaired) electrons. The molecule has 1 aromatic heterocycles. The maximum atomic E-state index is 13.4. The molecule has 3 amide bonds. The number of aromatic hydroxyl groups is 1. The predicted molar refractivity (Wildman–Crippen MR) is 148 cm³/mol. The van der Waals surface area contributed by atoms with Gasteiger partial charge < -0.3 is 26.8 Å². The number of pyridine rings is 1. The van der Waals surface area contributed by atoms with Gasteiger partial charge >= 0.3 is 0 Å². The van der Waals surface area contributed by atoms with Crippen LogP contribution in [0.1, 0.15) is 65.5 Å². The predicted octanol–water partition coefficient (Wildman–Crippen LogP) is 2.82. The molecule has 4 unspecified atom stereocenters. The summed E-state index contributed by atoms with van der Waals surface area (Å²) >= 11 is 0. The number of nitrogens with one attached hydrogen (secondary N) is 3. The third kappa shape index (κ3) is 8.83. The van der Waals surface area contributed by atoms with Crippen molar-refractivity contribution in [3.8, 4) is 5.75 Å². The monoisotopic (exact) mass is 525 g/mol. The quantitative estimate of drug-likeness (QED) is 0.272. The molecule has 2 rings (SSSR count). The number of nitrogens with zero attached hydrogens (tertiary/aromatic N) is 1. The standard InChI is InChI=1S/C29H43N5O4/c1-7-29(6,24(34-25(36)19(2)30)15-21-10-12-23(35)13-11-21)18-28(4,5)27(38)33-20(3)26(37)32-17-22-9-8-14-31-16-22/h8-14,16,19-20,24,35H,7,15,17-18,30H2,1-6H3,(H,32,37)(H,33,38)(H,34,36). The highest BCUT2D eigenvalue weighted by Gasteiger charge is 2.42. The fraction of sp³-hybridized carbons (Fsp3) is 0.517. The zero-order valence-corrected chi connectivity index (χ0v) is 23.4. The van der Waals surface area contributed by atoms with E-state index in [4.69, 9.17) is 5.73 Å². The van der Waals surface area contributed by atoms with Crippen molar-refractivity contribution in [2.24, 2.45) is 16.6 Å². The van der Waals surface area contributed by atoms with Gasteiger partial charge in [-0.1, -0.05) is 45.9 Å². The lowest BCUT2D eigenvalue weighted by Crippen LogP contribution is -2.55. The number of carbonyl (C=O) groups excluding carboxylic acids is 3. The van der Waals surface area contributed by atoms with Crippen LogP contribution in [0, 0.1) is 10.8 Å². The summed E-state index contributed by atoms with van der Waals surface area (Å²) < 4.78 is 0. The molecule has 0 fully saturated rings. The number of nitrogens with two attached hydrogens (primary N) is 1. The average molecular weight is 526 g/mol. The van der Waals surface area contributed by atoms with Crippen LogP contribution in [0.5, 0.6) is 5.75 Å². The summed E-state index contributed by atoms with van der Waals surface area (Å²) in [6.07, 6.45) is 4.99. The largest absolute Gasteiger partial charge is 0.508 e.